The summed E-state index contributed by atoms with van der Waals surface area (Å²) in [5, 5.41) is -0.183. The predicted molar refractivity (Wildman–Crippen MR) is 74.1 cm³/mol. The van der Waals surface area contributed by atoms with Gasteiger partial charge in [0.05, 0.1) is 5.69 Å². The number of aromatic nitrogens is 1. The molecule has 0 saturated carbocycles. The average Bonchev–Trinajstić information content (AvgIpc) is 2.43. The maximum Gasteiger partial charge on any atom is 0.279 e. The SMILES string of the molecule is Cc1cccc(F)c1NS(=O)(=O)c1ccc(CN)cn1. The van der Waals surface area contributed by atoms with Crippen LogP contribution in [0.15, 0.2) is 41.6 Å². The van der Waals surface area contributed by atoms with Crippen molar-refractivity contribution in [2.24, 2.45) is 5.73 Å². The van der Waals surface area contributed by atoms with E-state index in [1.165, 1.54) is 24.4 Å². The van der Waals surface area contributed by atoms with E-state index in [0.29, 0.717) is 11.1 Å². The van der Waals surface area contributed by atoms with E-state index in [1.807, 2.05) is 0 Å². The van der Waals surface area contributed by atoms with Gasteiger partial charge in [-0.1, -0.05) is 18.2 Å². The highest BCUT2D eigenvalue weighted by molar-refractivity contribution is 7.92. The number of nitrogens with two attached hydrogens (primary N) is 1. The number of nitrogens with one attached hydrogen (secondary N) is 1. The molecule has 0 saturated heterocycles. The van der Waals surface area contributed by atoms with E-state index in [-0.39, 0.29) is 17.3 Å². The van der Waals surface area contributed by atoms with Crippen molar-refractivity contribution in [3.05, 3.63) is 53.5 Å². The Morgan fingerprint density at radius 2 is 2.05 bits per heavy atom. The number of aryl methyl sites for hydroxylation is 1. The summed E-state index contributed by atoms with van der Waals surface area (Å²) < 4.78 is 40.1. The highest BCUT2D eigenvalue weighted by atomic mass is 32.2. The molecule has 1 aromatic heterocycles. The van der Waals surface area contributed by atoms with Gasteiger partial charge in [0.1, 0.15) is 5.82 Å². The minimum absolute atomic E-state index is 0.0720. The van der Waals surface area contributed by atoms with E-state index in [0.717, 1.165) is 0 Å². The van der Waals surface area contributed by atoms with Crippen molar-refractivity contribution < 1.29 is 12.8 Å². The Morgan fingerprint density at radius 3 is 2.60 bits per heavy atom. The molecule has 0 aliphatic rings. The Balaban J connectivity index is 2.35. The van der Waals surface area contributed by atoms with E-state index in [2.05, 4.69) is 9.71 Å². The number of hydrogen-bond acceptors (Lipinski definition) is 4. The van der Waals surface area contributed by atoms with Gasteiger partial charge in [-0.15, -0.1) is 0 Å². The second-order valence-corrected chi connectivity index (χ2v) is 5.88. The largest absolute Gasteiger partial charge is 0.326 e. The quantitative estimate of drug-likeness (QED) is 0.900. The predicted octanol–water partition coefficient (Wildman–Crippen LogP) is 1.79. The molecule has 0 aliphatic heterocycles. The Morgan fingerprint density at radius 1 is 1.30 bits per heavy atom. The highest BCUT2D eigenvalue weighted by Gasteiger charge is 2.18. The third kappa shape index (κ3) is 2.94. The molecule has 2 rings (SSSR count). The summed E-state index contributed by atoms with van der Waals surface area (Å²) in [6.07, 6.45) is 1.38. The monoisotopic (exact) mass is 295 g/mol. The third-order valence-corrected chi connectivity index (χ3v) is 4.03. The molecule has 0 amide bonds. The first kappa shape index (κ1) is 14.4. The molecule has 0 radical (unpaired) electrons. The fourth-order valence-corrected chi connectivity index (χ4v) is 2.71. The van der Waals surface area contributed by atoms with E-state index in [9.17, 15) is 12.8 Å². The van der Waals surface area contributed by atoms with Gasteiger partial charge >= 0.3 is 0 Å². The maximum atomic E-state index is 13.7. The molecule has 0 atom stereocenters. The van der Waals surface area contributed by atoms with E-state index in [1.54, 1.807) is 19.1 Å². The lowest BCUT2D eigenvalue weighted by atomic mass is 10.2. The van der Waals surface area contributed by atoms with Crippen LogP contribution in [0.5, 0.6) is 0 Å². The van der Waals surface area contributed by atoms with Gasteiger partial charge in [0.15, 0.2) is 5.03 Å². The van der Waals surface area contributed by atoms with Crippen molar-refractivity contribution >= 4 is 15.7 Å². The van der Waals surface area contributed by atoms with Gasteiger partial charge < -0.3 is 5.73 Å². The first-order valence-corrected chi connectivity index (χ1v) is 7.35. The molecule has 1 aromatic carbocycles. The van der Waals surface area contributed by atoms with Crippen LogP contribution in [-0.2, 0) is 16.6 Å². The van der Waals surface area contributed by atoms with Crippen molar-refractivity contribution in [1.82, 2.24) is 4.98 Å². The summed E-state index contributed by atoms with van der Waals surface area (Å²) in [5.41, 5.74) is 6.55. The summed E-state index contributed by atoms with van der Waals surface area (Å²) in [6, 6.07) is 7.22. The van der Waals surface area contributed by atoms with E-state index < -0.39 is 15.8 Å². The minimum atomic E-state index is -3.93. The van der Waals surface area contributed by atoms with Crippen LogP contribution >= 0.6 is 0 Å². The van der Waals surface area contributed by atoms with Crippen LogP contribution in [0.3, 0.4) is 0 Å². The van der Waals surface area contributed by atoms with E-state index in [4.69, 9.17) is 5.73 Å². The summed E-state index contributed by atoms with van der Waals surface area (Å²) >= 11 is 0. The molecule has 1 heterocycles. The molecule has 0 unspecified atom stereocenters. The van der Waals surface area contributed by atoms with Crippen molar-refractivity contribution in [3.63, 3.8) is 0 Å². The lowest BCUT2D eigenvalue weighted by Crippen LogP contribution is -2.16. The molecule has 0 spiro atoms. The van der Waals surface area contributed by atoms with Gasteiger partial charge in [-0.3, -0.25) is 4.72 Å². The van der Waals surface area contributed by atoms with E-state index >= 15 is 0 Å². The minimum Gasteiger partial charge on any atom is -0.326 e. The Bertz CT molecular complexity index is 695. The van der Waals surface area contributed by atoms with Crippen molar-refractivity contribution in [2.45, 2.75) is 18.5 Å². The standard InChI is InChI=1S/C13H14FN3O2S/c1-9-3-2-4-11(14)13(9)17-20(18,19)12-6-5-10(7-15)8-16-12/h2-6,8,17H,7,15H2,1H3. The average molecular weight is 295 g/mol. The van der Waals surface area contributed by atoms with Crippen LogP contribution in [0, 0.1) is 12.7 Å². The number of hydrogen-bond donors (Lipinski definition) is 2. The van der Waals surface area contributed by atoms with Gasteiger partial charge in [-0.05, 0) is 30.2 Å². The molecule has 106 valence electrons. The zero-order valence-corrected chi connectivity index (χ0v) is 11.6. The number of sulfonamides is 1. The first-order chi connectivity index (χ1) is 9.44. The zero-order valence-electron chi connectivity index (χ0n) is 10.8. The molecule has 20 heavy (non-hydrogen) atoms. The van der Waals surface area contributed by atoms with Crippen LogP contribution in [0.25, 0.3) is 0 Å². The number of anilines is 1. The molecule has 3 N–H and O–H groups in total. The molecule has 7 heteroatoms. The van der Waals surface area contributed by atoms with Gasteiger partial charge in [-0.25, -0.2) is 9.37 Å². The molecule has 0 bridgehead atoms. The Labute approximate surface area is 116 Å². The van der Waals surface area contributed by atoms with Gasteiger partial charge in [0, 0.05) is 12.7 Å². The molecular formula is C13H14FN3O2S. The number of halogens is 1. The number of para-hydroxylation sites is 1. The van der Waals surface area contributed by atoms with Gasteiger partial charge in [0.25, 0.3) is 10.0 Å². The summed E-state index contributed by atoms with van der Waals surface area (Å²) in [6.45, 7) is 1.89. The van der Waals surface area contributed by atoms with Crippen LogP contribution in [0.4, 0.5) is 10.1 Å². The second kappa shape index (κ2) is 5.56. The number of benzene rings is 1. The molecular weight excluding hydrogens is 281 g/mol. The fraction of sp³-hybridized carbons (Fsp3) is 0.154. The summed E-state index contributed by atoms with van der Waals surface area (Å²) in [4.78, 5) is 3.82. The Kier molecular flexibility index (Phi) is 4.01. The van der Waals surface area contributed by atoms with Gasteiger partial charge in [-0.2, -0.15) is 8.42 Å². The number of pyridine rings is 1. The van der Waals surface area contributed by atoms with Crippen molar-refractivity contribution in [1.29, 1.82) is 0 Å². The fourth-order valence-electron chi connectivity index (χ4n) is 1.64. The number of rotatable bonds is 4. The summed E-state index contributed by atoms with van der Waals surface area (Å²) in [5.74, 6) is -0.632. The normalized spacial score (nSPS) is 11.3. The zero-order chi connectivity index (χ0) is 14.8. The second-order valence-electron chi connectivity index (χ2n) is 4.25. The van der Waals surface area contributed by atoms with Crippen LogP contribution < -0.4 is 10.5 Å². The third-order valence-electron chi connectivity index (χ3n) is 2.77. The first-order valence-electron chi connectivity index (χ1n) is 5.87. The summed E-state index contributed by atoms with van der Waals surface area (Å²) in [7, 11) is -3.93. The maximum absolute atomic E-state index is 13.7. The Hall–Kier alpha value is -1.99. The van der Waals surface area contributed by atoms with Gasteiger partial charge in [0.2, 0.25) is 0 Å². The van der Waals surface area contributed by atoms with Crippen molar-refractivity contribution in [2.75, 3.05) is 4.72 Å². The molecule has 0 fully saturated rings. The highest BCUT2D eigenvalue weighted by Crippen LogP contribution is 2.22. The van der Waals surface area contributed by atoms with Crippen LogP contribution in [0.1, 0.15) is 11.1 Å². The molecule has 2 aromatic rings. The number of nitrogens with zero attached hydrogens (tertiary/aromatic N) is 1. The lowest BCUT2D eigenvalue weighted by molar-refractivity contribution is 0.595. The molecule has 0 aliphatic carbocycles. The smallest absolute Gasteiger partial charge is 0.279 e. The lowest BCUT2D eigenvalue weighted by Gasteiger charge is -2.11. The van der Waals surface area contributed by atoms with Crippen molar-refractivity contribution in [3.8, 4) is 0 Å². The van der Waals surface area contributed by atoms with Crippen LogP contribution in [-0.4, -0.2) is 13.4 Å². The van der Waals surface area contributed by atoms with Crippen LogP contribution in [0.2, 0.25) is 0 Å². The topological polar surface area (TPSA) is 85.1 Å². The molecule has 5 nitrogen and oxygen atoms in total.